The molecule has 1 nitrogen and oxygen atoms in total. The summed E-state index contributed by atoms with van der Waals surface area (Å²) in [5.41, 5.74) is 0.480. The Kier molecular flexibility index (Phi) is 28.4. The molecule has 0 aliphatic carbocycles. The lowest BCUT2D eigenvalue weighted by Gasteiger charge is -2.32. The second kappa shape index (κ2) is 19.3. The Morgan fingerprint density at radius 1 is 0.889 bits per heavy atom. The van der Waals surface area contributed by atoms with Gasteiger partial charge >= 0.3 is 0 Å². The molecule has 0 atom stereocenters. The number of hydrogen-bond donors (Lipinski definition) is 0. The number of nitrogens with zero attached hydrogens (tertiary/aromatic N) is 1. The van der Waals surface area contributed by atoms with Gasteiger partial charge in [-0.1, -0.05) is 68.7 Å². The fourth-order valence-corrected chi connectivity index (χ4v) is 1.61. The van der Waals surface area contributed by atoms with Crippen molar-refractivity contribution in [1.29, 1.82) is 0 Å². The van der Waals surface area contributed by atoms with E-state index in [-0.39, 0.29) is 0 Å². The fraction of sp³-hybridized carbons (Fsp3) is 1.00. The SMILES string of the molecule is CC.CC.CC.CCCC(C)(C)CN(C)C(C)C. The van der Waals surface area contributed by atoms with Gasteiger partial charge in [-0.15, -0.1) is 0 Å². The van der Waals surface area contributed by atoms with Crippen LogP contribution in [0.3, 0.4) is 0 Å². The maximum Gasteiger partial charge on any atom is 0.00357 e. The van der Waals surface area contributed by atoms with Crippen LogP contribution < -0.4 is 0 Å². The van der Waals surface area contributed by atoms with E-state index in [1.807, 2.05) is 41.5 Å². The van der Waals surface area contributed by atoms with Gasteiger partial charge in [-0.05, 0) is 32.7 Å². The summed E-state index contributed by atoms with van der Waals surface area (Å²) in [7, 11) is 2.21. The van der Waals surface area contributed by atoms with Crippen molar-refractivity contribution in [3.05, 3.63) is 0 Å². The van der Waals surface area contributed by atoms with Gasteiger partial charge in [-0.2, -0.15) is 0 Å². The summed E-state index contributed by atoms with van der Waals surface area (Å²) >= 11 is 0. The van der Waals surface area contributed by atoms with Gasteiger partial charge in [0.2, 0.25) is 0 Å². The first kappa shape index (κ1) is 26.5. The molecule has 18 heavy (non-hydrogen) atoms. The maximum absolute atomic E-state index is 2.43. The Hall–Kier alpha value is -0.0400. The molecule has 0 amide bonds. The molecule has 0 spiro atoms. The van der Waals surface area contributed by atoms with Crippen LogP contribution in [0.2, 0.25) is 0 Å². The Labute approximate surface area is 119 Å². The lowest BCUT2D eigenvalue weighted by molar-refractivity contribution is 0.167. The van der Waals surface area contributed by atoms with Crippen molar-refractivity contribution < 1.29 is 0 Å². The van der Waals surface area contributed by atoms with E-state index in [1.54, 1.807) is 0 Å². The van der Waals surface area contributed by atoms with Crippen molar-refractivity contribution in [3.63, 3.8) is 0 Å². The molecule has 0 aromatic rings. The molecule has 0 fully saturated rings. The van der Waals surface area contributed by atoms with Crippen molar-refractivity contribution >= 4 is 0 Å². The van der Waals surface area contributed by atoms with Gasteiger partial charge in [0.1, 0.15) is 0 Å². The predicted molar refractivity (Wildman–Crippen MR) is 90.5 cm³/mol. The van der Waals surface area contributed by atoms with Gasteiger partial charge in [0.05, 0.1) is 0 Å². The van der Waals surface area contributed by atoms with Crippen LogP contribution in [-0.2, 0) is 0 Å². The highest BCUT2D eigenvalue weighted by Crippen LogP contribution is 2.23. The normalized spacial score (nSPS) is 9.67. The zero-order chi connectivity index (χ0) is 15.8. The van der Waals surface area contributed by atoms with Crippen LogP contribution in [0.5, 0.6) is 0 Å². The van der Waals surface area contributed by atoms with Crippen LogP contribution in [0.1, 0.15) is 89.0 Å². The fourth-order valence-electron chi connectivity index (χ4n) is 1.61. The van der Waals surface area contributed by atoms with Crippen molar-refractivity contribution in [1.82, 2.24) is 4.90 Å². The summed E-state index contributed by atoms with van der Waals surface area (Å²) in [5.74, 6) is 0. The van der Waals surface area contributed by atoms with Gasteiger partial charge in [0.25, 0.3) is 0 Å². The largest absolute Gasteiger partial charge is 0.303 e. The van der Waals surface area contributed by atoms with Crippen LogP contribution in [0, 0.1) is 5.41 Å². The van der Waals surface area contributed by atoms with E-state index in [0.717, 1.165) is 0 Å². The average molecular weight is 262 g/mol. The minimum absolute atomic E-state index is 0.480. The molecule has 0 aromatic carbocycles. The summed E-state index contributed by atoms with van der Waals surface area (Å²) in [6.07, 6.45) is 2.61. The molecular weight excluding hydrogens is 218 g/mol. The van der Waals surface area contributed by atoms with Gasteiger partial charge in [0.15, 0.2) is 0 Å². The summed E-state index contributed by atoms with van der Waals surface area (Å²) in [5, 5.41) is 0. The standard InChI is InChI=1S/C11H25N.3C2H6/c1-7-8-11(4,5)9-12(6)10(2)3;3*1-2/h10H,7-9H2,1-6H3;3*1-2H3. The van der Waals surface area contributed by atoms with Gasteiger partial charge < -0.3 is 4.90 Å². The van der Waals surface area contributed by atoms with Crippen molar-refractivity contribution in [2.45, 2.75) is 95.0 Å². The Morgan fingerprint density at radius 2 is 1.22 bits per heavy atom. The van der Waals surface area contributed by atoms with E-state index >= 15 is 0 Å². The van der Waals surface area contributed by atoms with E-state index in [0.29, 0.717) is 11.5 Å². The highest BCUT2D eigenvalue weighted by Gasteiger charge is 2.19. The van der Waals surface area contributed by atoms with Gasteiger partial charge in [-0.3, -0.25) is 0 Å². The van der Waals surface area contributed by atoms with Crippen LogP contribution in [-0.4, -0.2) is 24.5 Å². The molecular formula is C17H43N. The van der Waals surface area contributed by atoms with Gasteiger partial charge in [-0.25, -0.2) is 0 Å². The van der Waals surface area contributed by atoms with E-state index in [4.69, 9.17) is 0 Å². The van der Waals surface area contributed by atoms with E-state index in [2.05, 4.69) is 46.6 Å². The van der Waals surface area contributed by atoms with Crippen LogP contribution in [0.15, 0.2) is 0 Å². The second-order valence-electron chi connectivity index (χ2n) is 4.92. The number of hydrogen-bond acceptors (Lipinski definition) is 1. The summed E-state index contributed by atoms with van der Waals surface area (Å²) in [4.78, 5) is 2.43. The first-order valence-corrected chi connectivity index (χ1v) is 8.09. The average Bonchev–Trinajstić information content (AvgIpc) is 2.35. The quantitative estimate of drug-likeness (QED) is 0.567. The topological polar surface area (TPSA) is 3.24 Å². The summed E-state index contributed by atoms with van der Waals surface area (Å²) in [6, 6.07) is 0.668. The van der Waals surface area contributed by atoms with Crippen LogP contribution in [0.25, 0.3) is 0 Å². The third kappa shape index (κ3) is 21.3. The molecule has 0 saturated carbocycles. The Bertz CT molecular complexity index is 117. The van der Waals surface area contributed by atoms with Crippen molar-refractivity contribution in [2.75, 3.05) is 13.6 Å². The lowest BCUT2D eigenvalue weighted by atomic mass is 9.87. The zero-order valence-electron chi connectivity index (χ0n) is 15.6. The Morgan fingerprint density at radius 3 is 1.44 bits per heavy atom. The highest BCUT2D eigenvalue weighted by molar-refractivity contribution is 4.73. The molecule has 0 bridgehead atoms. The third-order valence-electron chi connectivity index (χ3n) is 2.49. The van der Waals surface area contributed by atoms with Crippen molar-refractivity contribution in [2.24, 2.45) is 5.41 Å². The molecule has 1 heteroatoms. The molecule has 0 aliphatic heterocycles. The van der Waals surface area contributed by atoms with E-state index in [9.17, 15) is 0 Å². The maximum atomic E-state index is 2.43. The van der Waals surface area contributed by atoms with Crippen LogP contribution in [0.4, 0.5) is 0 Å². The molecule has 116 valence electrons. The molecule has 0 N–H and O–H groups in total. The predicted octanol–water partition coefficient (Wildman–Crippen LogP) is 6.23. The first-order chi connectivity index (χ1) is 8.39. The minimum Gasteiger partial charge on any atom is -0.303 e. The van der Waals surface area contributed by atoms with Crippen molar-refractivity contribution in [3.8, 4) is 0 Å². The smallest absolute Gasteiger partial charge is 0.00357 e. The monoisotopic (exact) mass is 261 g/mol. The molecule has 0 saturated heterocycles. The molecule has 0 aromatic heterocycles. The number of rotatable bonds is 5. The Balaban J connectivity index is -0.000000141. The molecule has 0 radical (unpaired) electrons. The second-order valence-corrected chi connectivity index (χ2v) is 4.92. The molecule has 0 rings (SSSR count). The summed E-state index contributed by atoms with van der Waals surface area (Å²) < 4.78 is 0. The van der Waals surface area contributed by atoms with Gasteiger partial charge in [0, 0.05) is 12.6 Å². The highest BCUT2D eigenvalue weighted by atomic mass is 15.1. The zero-order valence-corrected chi connectivity index (χ0v) is 15.6. The molecule has 0 aliphatic rings. The molecule has 0 heterocycles. The van der Waals surface area contributed by atoms with E-state index in [1.165, 1.54) is 19.4 Å². The van der Waals surface area contributed by atoms with E-state index < -0.39 is 0 Å². The van der Waals surface area contributed by atoms with Crippen LogP contribution >= 0.6 is 0 Å². The first-order valence-electron chi connectivity index (χ1n) is 8.09. The molecule has 0 unspecified atom stereocenters. The summed E-state index contributed by atoms with van der Waals surface area (Å²) in [6.45, 7) is 24.7. The minimum atomic E-state index is 0.480. The lowest BCUT2D eigenvalue weighted by Crippen LogP contribution is -2.35. The third-order valence-corrected chi connectivity index (χ3v) is 2.49.